The lowest BCUT2D eigenvalue weighted by Gasteiger charge is -2.42. The maximum absolute atomic E-state index is 12.2. The molecule has 0 bridgehead atoms. The first-order chi connectivity index (χ1) is 11.2. The third kappa shape index (κ3) is 4.31. The molecular weight excluding hydrogens is 298 g/mol. The van der Waals surface area contributed by atoms with Gasteiger partial charge in [-0.15, -0.1) is 0 Å². The number of carbonyl (C=O) groups is 1. The Morgan fingerprint density at radius 3 is 2.61 bits per heavy atom. The van der Waals surface area contributed by atoms with Crippen LogP contribution in [0.3, 0.4) is 0 Å². The van der Waals surface area contributed by atoms with E-state index in [2.05, 4.69) is 15.4 Å². The summed E-state index contributed by atoms with van der Waals surface area (Å²) in [4.78, 5) is 14.7. The van der Waals surface area contributed by atoms with Crippen molar-refractivity contribution in [2.24, 2.45) is 5.41 Å². The van der Waals surface area contributed by atoms with Gasteiger partial charge < -0.3 is 19.3 Å². The number of nitrogens with zero attached hydrogens (tertiary/aromatic N) is 2. The van der Waals surface area contributed by atoms with Gasteiger partial charge in [0.25, 0.3) is 5.91 Å². The lowest BCUT2D eigenvalue weighted by atomic mass is 9.79. The molecule has 2 saturated heterocycles. The molecule has 3 rings (SSSR count). The average molecular weight is 323 g/mol. The van der Waals surface area contributed by atoms with Gasteiger partial charge in [-0.05, 0) is 19.8 Å². The molecule has 23 heavy (non-hydrogen) atoms. The summed E-state index contributed by atoms with van der Waals surface area (Å²) in [6, 6.07) is 1.66. The standard InChI is InChI=1S/C16H25N3O4/c1-13-10-14(23-18-13)15(20)17-11-16(2-6-21-7-3-16)12-19-4-8-22-9-5-19/h10H,2-9,11-12H2,1H3,(H,17,20). The van der Waals surface area contributed by atoms with Crippen LogP contribution in [0.15, 0.2) is 10.6 Å². The highest BCUT2D eigenvalue weighted by molar-refractivity contribution is 5.91. The molecule has 0 atom stereocenters. The molecular formula is C16H25N3O4. The predicted molar refractivity (Wildman–Crippen MR) is 83.3 cm³/mol. The van der Waals surface area contributed by atoms with Crippen molar-refractivity contribution in [1.82, 2.24) is 15.4 Å². The van der Waals surface area contributed by atoms with Gasteiger partial charge in [0.1, 0.15) is 0 Å². The smallest absolute Gasteiger partial charge is 0.289 e. The number of ether oxygens (including phenoxy) is 2. The normalized spacial score (nSPS) is 22.0. The van der Waals surface area contributed by atoms with E-state index in [1.165, 1.54) is 0 Å². The quantitative estimate of drug-likeness (QED) is 0.865. The van der Waals surface area contributed by atoms with Gasteiger partial charge in [-0.25, -0.2) is 0 Å². The van der Waals surface area contributed by atoms with Gasteiger partial charge in [0.15, 0.2) is 0 Å². The number of hydrogen-bond acceptors (Lipinski definition) is 6. The average Bonchev–Trinajstić information content (AvgIpc) is 3.01. The Morgan fingerprint density at radius 2 is 1.96 bits per heavy atom. The van der Waals surface area contributed by atoms with Crippen molar-refractivity contribution in [3.05, 3.63) is 17.5 Å². The summed E-state index contributed by atoms with van der Waals surface area (Å²) >= 11 is 0. The fourth-order valence-corrected chi connectivity index (χ4v) is 3.25. The van der Waals surface area contributed by atoms with Crippen molar-refractivity contribution in [1.29, 1.82) is 0 Å². The maximum atomic E-state index is 12.2. The first-order valence-corrected chi connectivity index (χ1v) is 8.26. The molecule has 2 fully saturated rings. The lowest BCUT2D eigenvalue weighted by Crippen LogP contribution is -2.50. The lowest BCUT2D eigenvalue weighted by molar-refractivity contribution is -0.0283. The van der Waals surface area contributed by atoms with Gasteiger partial charge >= 0.3 is 0 Å². The predicted octanol–water partition coefficient (Wildman–Crippen LogP) is 0.842. The van der Waals surface area contributed by atoms with Gasteiger partial charge in [0, 0.05) is 50.9 Å². The fraction of sp³-hybridized carbons (Fsp3) is 0.750. The van der Waals surface area contributed by atoms with Crippen molar-refractivity contribution in [2.75, 3.05) is 52.6 Å². The van der Waals surface area contributed by atoms with Crippen LogP contribution in [0.1, 0.15) is 29.1 Å². The van der Waals surface area contributed by atoms with E-state index in [0.717, 1.165) is 58.9 Å². The van der Waals surface area contributed by atoms with E-state index < -0.39 is 0 Å². The van der Waals surface area contributed by atoms with Crippen LogP contribution >= 0.6 is 0 Å². The zero-order valence-corrected chi connectivity index (χ0v) is 13.7. The summed E-state index contributed by atoms with van der Waals surface area (Å²) in [6.45, 7) is 8.39. The number of amides is 1. The number of aryl methyl sites for hydroxylation is 1. The molecule has 0 spiro atoms. The Labute approximate surface area is 136 Å². The van der Waals surface area contributed by atoms with Crippen molar-refractivity contribution >= 4 is 5.91 Å². The van der Waals surface area contributed by atoms with Crippen LogP contribution in [0, 0.1) is 12.3 Å². The van der Waals surface area contributed by atoms with Gasteiger partial charge in [-0.2, -0.15) is 0 Å². The molecule has 0 unspecified atom stereocenters. The van der Waals surface area contributed by atoms with E-state index in [0.29, 0.717) is 12.2 Å². The first kappa shape index (κ1) is 16.4. The second-order valence-corrected chi connectivity index (χ2v) is 6.52. The van der Waals surface area contributed by atoms with Crippen LogP contribution in [0.5, 0.6) is 0 Å². The van der Waals surface area contributed by atoms with Gasteiger partial charge in [0.2, 0.25) is 5.76 Å². The van der Waals surface area contributed by atoms with Crippen LogP contribution in [0.4, 0.5) is 0 Å². The molecule has 0 aliphatic carbocycles. The van der Waals surface area contributed by atoms with E-state index in [4.69, 9.17) is 14.0 Å². The molecule has 128 valence electrons. The number of hydrogen-bond donors (Lipinski definition) is 1. The summed E-state index contributed by atoms with van der Waals surface area (Å²) in [6.07, 6.45) is 1.92. The Balaban J connectivity index is 1.60. The van der Waals surface area contributed by atoms with E-state index in [1.807, 2.05) is 0 Å². The molecule has 7 nitrogen and oxygen atoms in total. The number of carbonyl (C=O) groups excluding carboxylic acids is 1. The molecule has 0 radical (unpaired) electrons. The molecule has 1 amide bonds. The number of aromatic nitrogens is 1. The fourth-order valence-electron chi connectivity index (χ4n) is 3.25. The number of rotatable bonds is 5. The van der Waals surface area contributed by atoms with E-state index in [1.54, 1.807) is 13.0 Å². The number of nitrogens with one attached hydrogen (secondary N) is 1. The molecule has 3 heterocycles. The zero-order chi connectivity index (χ0) is 16.1. The zero-order valence-electron chi connectivity index (χ0n) is 13.7. The summed E-state index contributed by atoms with van der Waals surface area (Å²) in [7, 11) is 0. The summed E-state index contributed by atoms with van der Waals surface area (Å²) in [5.74, 6) is 0.0783. The molecule has 1 aromatic heterocycles. The van der Waals surface area contributed by atoms with Crippen molar-refractivity contribution in [3.8, 4) is 0 Å². The second kappa shape index (κ2) is 7.42. The SMILES string of the molecule is Cc1cc(C(=O)NCC2(CN3CCOCC3)CCOCC2)on1. The minimum atomic E-state index is -0.196. The van der Waals surface area contributed by atoms with Gasteiger partial charge in [-0.1, -0.05) is 5.16 Å². The van der Waals surface area contributed by atoms with E-state index in [-0.39, 0.29) is 17.1 Å². The molecule has 0 saturated carbocycles. The van der Waals surface area contributed by atoms with Crippen molar-refractivity contribution < 1.29 is 18.8 Å². The highest BCUT2D eigenvalue weighted by atomic mass is 16.5. The highest BCUT2D eigenvalue weighted by Crippen LogP contribution is 2.31. The van der Waals surface area contributed by atoms with Crippen LogP contribution in [0.25, 0.3) is 0 Å². The van der Waals surface area contributed by atoms with Gasteiger partial charge in [-0.3, -0.25) is 9.69 Å². The first-order valence-electron chi connectivity index (χ1n) is 8.26. The van der Waals surface area contributed by atoms with Crippen molar-refractivity contribution in [2.45, 2.75) is 19.8 Å². The van der Waals surface area contributed by atoms with E-state index in [9.17, 15) is 4.79 Å². The van der Waals surface area contributed by atoms with Crippen LogP contribution in [-0.2, 0) is 9.47 Å². The Hall–Kier alpha value is -1.44. The Kier molecular flexibility index (Phi) is 5.30. The summed E-state index contributed by atoms with van der Waals surface area (Å²) in [5, 5.41) is 6.79. The molecule has 2 aliphatic rings. The second-order valence-electron chi connectivity index (χ2n) is 6.52. The molecule has 0 aromatic carbocycles. The topological polar surface area (TPSA) is 76.8 Å². The summed E-state index contributed by atoms with van der Waals surface area (Å²) < 4.78 is 16.0. The van der Waals surface area contributed by atoms with Crippen molar-refractivity contribution in [3.63, 3.8) is 0 Å². The summed E-state index contributed by atoms with van der Waals surface area (Å²) in [5.41, 5.74) is 0.768. The third-order valence-corrected chi connectivity index (χ3v) is 4.69. The monoisotopic (exact) mass is 323 g/mol. The van der Waals surface area contributed by atoms with Crippen LogP contribution in [0.2, 0.25) is 0 Å². The largest absolute Gasteiger partial charge is 0.381 e. The van der Waals surface area contributed by atoms with Crippen LogP contribution in [-0.4, -0.2) is 68.6 Å². The van der Waals surface area contributed by atoms with Crippen LogP contribution < -0.4 is 5.32 Å². The number of morpholine rings is 1. The van der Waals surface area contributed by atoms with E-state index >= 15 is 0 Å². The molecule has 1 aromatic rings. The van der Waals surface area contributed by atoms with Gasteiger partial charge in [0.05, 0.1) is 18.9 Å². The Morgan fingerprint density at radius 1 is 1.26 bits per heavy atom. The highest BCUT2D eigenvalue weighted by Gasteiger charge is 2.35. The Bertz CT molecular complexity index is 519. The molecule has 1 N–H and O–H groups in total. The third-order valence-electron chi connectivity index (χ3n) is 4.69. The maximum Gasteiger partial charge on any atom is 0.289 e. The minimum absolute atomic E-state index is 0.0559. The molecule has 7 heteroatoms. The minimum Gasteiger partial charge on any atom is -0.381 e. The molecule has 2 aliphatic heterocycles.